The molecule has 1 rings (SSSR count). The minimum Gasteiger partial charge on any atom is -0.480 e. The molecule has 1 unspecified atom stereocenters. The number of carbonyl (C=O) groups is 1. The van der Waals surface area contributed by atoms with Crippen molar-refractivity contribution in [2.45, 2.75) is 17.3 Å². The quantitative estimate of drug-likeness (QED) is 0.687. The summed E-state index contributed by atoms with van der Waals surface area (Å²) in [6.07, 6.45) is -4.23. The van der Waals surface area contributed by atoms with Crippen LogP contribution in [0.3, 0.4) is 0 Å². The lowest BCUT2D eigenvalue weighted by Gasteiger charge is -2.14. The van der Waals surface area contributed by atoms with E-state index >= 15 is 0 Å². The summed E-state index contributed by atoms with van der Waals surface area (Å²) in [5, 5.41) is 8.88. The van der Waals surface area contributed by atoms with Crippen LogP contribution in [-0.2, 0) is 24.7 Å². The number of carboxylic acids is 1. The molecule has 136 valence electrons. The minimum absolute atomic E-state index is 0.559. The SMILES string of the molecule is CS(=O)(=O)CC(NS(=O)(=O)c1ccc(OC(F)(F)F)cc1)C(=O)O. The zero-order valence-electron chi connectivity index (χ0n) is 11.9. The fourth-order valence-corrected chi connectivity index (χ4v) is 3.66. The van der Waals surface area contributed by atoms with Gasteiger partial charge in [-0.15, -0.1) is 13.2 Å². The van der Waals surface area contributed by atoms with E-state index in [0.29, 0.717) is 12.1 Å². The smallest absolute Gasteiger partial charge is 0.480 e. The van der Waals surface area contributed by atoms with Gasteiger partial charge < -0.3 is 9.84 Å². The molecule has 0 fully saturated rings. The molecule has 0 aliphatic rings. The third-order valence-corrected chi connectivity index (χ3v) is 4.86. The van der Waals surface area contributed by atoms with Gasteiger partial charge in [-0.05, 0) is 24.3 Å². The number of carboxylic acid groups (broad SMARTS) is 1. The highest BCUT2D eigenvalue weighted by molar-refractivity contribution is 7.91. The third kappa shape index (κ3) is 6.72. The second kappa shape index (κ2) is 6.94. The number of benzene rings is 1. The van der Waals surface area contributed by atoms with Gasteiger partial charge in [0.15, 0.2) is 0 Å². The molecule has 0 saturated carbocycles. The number of sulfone groups is 1. The lowest BCUT2D eigenvalue weighted by molar-refractivity contribution is -0.274. The van der Waals surface area contributed by atoms with E-state index < -0.39 is 54.6 Å². The van der Waals surface area contributed by atoms with Crippen molar-refractivity contribution in [1.82, 2.24) is 4.72 Å². The van der Waals surface area contributed by atoms with Crippen LogP contribution in [0.25, 0.3) is 0 Å². The average Bonchev–Trinajstić information content (AvgIpc) is 2.34. The Kier molecular flexibility index (Phi) is 5.84. The Morgan fingerprint density at radius 3 is 2.08 bits per heavy atom. The number of alkyl halides is 3. The second-order valence-electron chi connectivity index (χ2n) is 4.62. The number of hydrogen-bond donors (Lipinski definition) is 2. The zero-order valence-corrected chi connectivity index (χ0v) is 13.6. The predicted molar refractivity (Wildman–Crippen MR) is 74.6 cm³/mol. The summed E-state index contributed by atoms with van der Waals surface area (Å²) in [5.74, 6) is -3.38. The molecular formula is C11H12F3NO7S2. The molecule has 1 aromatic rings. The summed E-state index contributed by atoms with van der Waals surface area (Å²) >= 11 is 0. The first-order chi connectivity index (χ1) is 10.7. The number of sulfonamides is 1. The van der Waals surface area contributed by atoms with Crippen molar-refractivity contribution in [3.63, 3.8) is 0 Å². The fourth-order valence-electron chi connectivity index (χ4n) is 1.53. The van der Waals surface area contributed by atoms with Gasteiger partial charge in [0.25, 0.3) is 0 Å². The molecule has 0 bridgehead atoms. The maximum Gasteiger partial charge on any atom is 0.573 e. The van der Waals surface area contributed by atoms with Crippen LogP contribution >= 0.6 is 0 Å². The lowest BCUT2D eigenvalue weighted by atomic mass is 10.3. The van der Waals surface area contributed by atoms with E-state index in [-0.39, 0.29) is 0 Å². The molecule has 1 aromatic carbocycles. The molecule has 0 saturated heterocycles. The number of nitrogens with one attached hydrogen (secondary N) is 1. The van der Waals surface area contributed by atoms with Crippen LogP contribution in [0, 0.1) is 0 Å². The minimum atomic E-state index is -4.96. The number of ether oxygens (including phenoxy) is 1. The highest BCUT2D eigenvalue weighted by Crippen LogP contribution is 2.23. The van der Waals surface area contributed by atoms with Crippen molar-refractivity contribution >= 4 is 25.8 Å². The zero-order chi connectivity index (χ0) is 18.8. The molecule has 0 aliphatic carbocycles. The number of hydrogen-bond acceptors (Lipinski definition) is 6. The fraction of sp³-hybridized carbons (Fsp3) is 0.364. The summed E-state index contributed by atoms with van der Waals surface area (Å²) in [4.78, 5) is 10.4. The Morgan fingerprint density at radius 2 is 1.71 bits per heavy atom. The number of rotatable bonds is 7. The Bertz CT molecular complexity index is 801. The monoisotopic (exact) mass is 391 g/mol. The second-order valence-corrected chi connectivity index (χ2v) is 8.52. The molecule has 0 heterocycles. The Labute approximate surface area is 135 Å². The van der Waals surface area contributed by atoms with Crippen LogP contribution < -0.4 is 9.46 Å². The molecule has 2 N–H and O–H groups in total. The van der Waals surface area contributed by atoms with E-state index in [1.165, 1.54) is 0 Å². The van der Waals surface area contributed by atoms with Gasteiger partial charge in [-0.3, -0.25) is 4.79 Å². The molecule has 0 aromatic heterocycles. The molecule has 0 spiro atoms. The largest absolute Gasteiger partial charge is 0.573 e. The lowest BCUT2D eigenvalue weighted by Crippen LogP contribution is -2.45. The molecular weight excluding hydrogens is 379 g/mol. The highest BCUT2D eigenvalue weighted by Gasteiger charge is 2.32. The van der Waals surface area contributed by atoms with Crippen LogP contribution in [0.4, 0.5) is 13.2 Å². The van der Waals surface area contributed by atoms with Crippen molar-refractivity contribution in [3.8, 4) is 5.75 Å². The first-order valence-corrected chi connectivity index (χ1v) is 9.53. The molecule has 24 heavy (non-hydrogen) atoms. The Balaban J connectivity index is 3.00. The maximum absolute atomic E-state index is 12.0. The van der Waals surface area contributed by atoms with Gasteiger partial charge in [0.2, 0.25) is 10.0 Å². The molecule has 0 amide bonds. The normalized spacial score (nSPS) is 14.2. The van der Waals surface area contributed by atoms with Crippen LogP contribution in [0.1, 0.15) is 0 Å². The third-order valence-electron chi connectivity index (χ3n) is 2.43. The first kappa shape index (κ1) is 20.2. The summed E-state index contributed by atoms with van der Waals surface area (Å²) in [5.41, 5.74) is 0. The van der Waals surface area contributed by atoms with E-state index in [1.54, 1.807) is 4.72 Å². The molecule has 8 nitrogen and oxygen atoms in total. The summed E-state index contributed by atoms with van der Waals surface area (Å²) < 4.78 is 87.5. The first-order valence-electron chi connectivity index (χ1n) is 5.98. The Hall–Kier alpha value is -1.86. The summed E-state index contributed by atoms with van der Waals surface area (Å²) in [7, 11) is -8.27. The standard InChI is InChI=1S/C11H12F3NO7S2/c1-23(18,19)6-9(10(16)17)15-24(20,21)8-4-2-7(3-5-8)22-11(12,13)14/h2-5,9,15H,6H2,1H3,(H,16,17). The highest BCUT2D eigenvalue weighted by atomic mass is 32.2. The average molecular weight is 391 g/mol. The molecule has 0 aliphatic heterocycles. The van der Waals surface area contributed by atoms with Crippen molar-refractivity contribution in [2.75, 3.05) is 12.0 Å². The maximum atomic E-state index is 12.0. The van der Waals surface area contributed by atoms with E-state index in [2.05, 4.69) is 4.74 Å². The Morgan fingerprint density at radius 1 is 1.21 bits per heavy atom. The van der Waals surface area contributed by atoms with Gasteiger partial charge in [-0.25, -0.2) is 16.8 Å². The van der Waals surface area contributed by atoms with Gasteiger partial charge >= 0.3 is 12.3 Å². The van der Waals surface area contributed by atoms with Crippen molar-refractivity contribution in [3.05, 3.63) is 24.3 Å². The molecule has 0 radical (unpaired) electrons. The number of aliphatic carboxylic acids is 1. The van der Waals surface area contributed by atoms with Crippen molar-refractivity contribution in [2.24, 2.45) is 0 Å². The van der Waals surface area contributed by atoms with Crippen LogP contribution in [0.5, 0.6) is 5.75 Å². The molecule has 1 atom stereocenters. The van der Waals surface area contributed by atoms with Crippen molar-refractivity contribution in [1.29, 1.82) is 0 Å². The van der Waals surface area contributed by atoms with Gasteiger partial charge in [0.05, 0.1) is 10.6 Å². The summed E-state index contributed by atoms with van der Waals surface area (Å²) in [6.45, 7) is 0. The van der Waals surface area contributed by atoms with E-state index in [1.807, 2.05) is 0 Å². The molecule has 13 heteroatoms. The van der Waals surface area contributed by atoms with Crippen LogP contribution in [-0.4, -0.2) is 52.3 Å². The van der Waals surface area contributed by atoms with Gasteiger partial charge in [-0.2, -0.15) is 4.72 Å². The summed E-state index contributed by atoms with van der Waals surface area (Å²) in [6, 6.07) is 0.991. The van der Waals surface area contributed by atoms with Gasteiger partial charge in [0.1, 0.15) is 21.6 Å². The predicted octanol–water partition coefficient (Wildman–Crippen LogP) is 0.361. The van der Waals surface area contributed by atoms with Crippen LogP contribution in [0.2, 0.25) is 0 Å². The topological polar surface area (TPSA) is 127 Å². The number of halogens is 3. The van der Waals surface area contributed by atoms with Crippen LogP contribution in [0.15, 0.2) is 29.2 Å². The van der Waals surface area contributed by atoms with E-state index in [4.69, 9.17) is 5.11 Å². The van der Waals surface area contributed by atoms with Crippen molar-refractivity contribution < 1.29 is 44.6 Å². The van der Waals surface area contributed by atoms with E-state index in [0.717, 1.165) is 18.4 Å². The van der Waals surface area contributed by atoms with Gasteiger partial charge in [0, 0.05) is 6.26 Å². The van der Waals surface area contributed by atoms with Gasteiger partial charge in [-0.1, -0.05) is 0 Å². The van der Waals surface area contributed by atoms with E-state index in [9.17, 15) is 34.8 Å².